The van der Waals surface area contributed by atoms with E-state index in [0.717, 1.165) is 19.3 Å². The van der Waals surface area contributed by atoms with Crippen molar-refractivity contribution in [2.24, 2.45) is 5.92 Å². The number of carboxylic acid groups (broad SMARTS) is 1. The average Bonchev–Trinajstić information content (AvgIpc) is 2.41. The van der Waals surface area contributed by atoms with Crippen molar-refractivity contribution in [3.05, 3.63) is 23.8 Å². The van der Waals surface area contributed by atoms with Crippen LogP contribution in [-0.4, -0.2) is 17.2 Å². The minimum Gasteiger partial charge on any atom is -0.489 e. The van der Waals surface area contributed by atoms with Crippen LogP contribution in [0.15, 0.2) is 18.2 Å². The summed E-state index contributed by atoms with van der Waals surface area (Å²) >= 11 is 0. The zero-order valence-electron chi connectivity index (χ0n) is 11.3. The van der Waals surface area contributed by atoms with E-state index in [4.69, 9.17) is 10.5 Å². The molecule has 0 radical (unpaired) electrons. The summed E-state index contributed by atoms with van der Waals surface area (Å²) in [5.74, 6) is -0.0360. The van der Waals surface area contributed by atoms with Crippen LogP contribution >= 0.6 is 0 Å². The topological polar surface area (TPSA) is 72.5 Å². The lowest BCUT2D eigenvalue weighted by Gasteiger charge is -2.31. The SMILES string of the molecule is CCC1CCCCC1Oc1ccc(N)cc1C(=O)O. The van der Waals surface area contributed by atoms with Gasteiger partial charge in [-0.05, 0) is 49.8 Å². The van der Waals surface area contributed by atoms with Crippen molar-refractivity contribution in [2.75, 3.05) is 5.73 Å². The van der Waals surface area contributed by atoms with Crippen LogP contribution in [0.4, 0.5) is 5.69 Å². The van der Waals surface area contributed by atoms with Crippen LogP contribution < -0.4 is 10.5 Å². The summed E-state index contributed by atoms with van der Waals surface area (Å²) in [6.07, 6.45) is 5.76. The fraction of sp³-hybridized carbons (Fsp3) is 0.533. The van der Waals surface area contributed by atoms with Gasteiger partial charge in [0.05, 0.1) is 0 Å². The molecule has 1 aliphatic carbocycles. The van der Waals surface area contributed by atoms with Crippen molar-refractivity contribution >= 4 is 11.7 Å². The molecule has 1 saturated carbocycles. The highest BCUT2D eigenvalue weighted by Gasteiger charge is 2.26. The maximum atomic E-state index is 11.2. The molecule has 104 valence electrons. The van der Waals surface area contributed by atoms with E-state index in [1.807, 2.05) is 0 Å². The Morgan fingerprint density at radius 1 is 1.42 bits per heavy atom. The number of anilines is 1. The number of nitrogen functional groups attached to an aromatic ring is 1. The molecule has 0 aliphatic heterocycles. The first-order valence-corrected chi connectivity index (χ1v) is 6.91. The molecule has 1 aromatic rings. The molecule has 4 heteroatoms. The normalized spacial score (nSPS) is 23.0. The van der Waals surface area contributed by atoms with E-state index in [9.17, 15) is 9.90 Å². The second-order valence-electron chi connectivity index (χ2n) is 5.17. The Bertz CT molecular complexity index is 459. The predicted octanol–water partition coefficient (Wildman–Crippen LogP) is 3.31. The summed E-state index contributed by atoms with van der Waals surface area (Å²) in [5, 5.41) is 9.21. The third kappa shape index (κ3) is 3.19. The number of carbonyl (C=O) groups is 1. The van der Waals surface area contributed by atoms with E-state index in [-0.39, 0.29) is 11.7 Å². The third-order valence-electron chi connectivity index (χ3n) is 3.88. The second-order valence-corrected chi connectivity index (χ2v) is 5.17. The van der Waals surface area contributed by atoms with Crippen molar-refractivity contribution in [3.8, 4) is 5.75 Å². The van der Waals surface area contributed by atoms with Crippen molar-refractivity contribution < 1.29 is 14.6 Å². The highest BCUT2D eigenvalue weighted by Crippen LogP contribution is 2.32. The van der Waals surface area contributed by atoms with Gasteiger partial charge in [-0.3, -0.25) is 0 Å². The molecule has 2 rings (SSSR count). The van der Waals surface area contributed by atoms with Crippen LogP contribution in [0, 0.1) is 5.92 Å². The van der Waals surface area contributed by atoms with Gasteiger partial charge in [-0.25, -0.2) is 4.79 Å². The Hall–Kier alpha value is -1.71. The Kier molecular flexibility index (Phi) is 4.30. The zero-order valence-corrected chi connectivity index (χ0v) is 11.3. The second kappa shape index (κ2) is 5.95. The first-order valence-electron chi connectivity index (χ1n) is 6.91. The van der Waals surface area contributed by atoms with Gasteiger partial charge < -0.3 is 15.6 Å². The summed E-state index contributed by atoms with van der Waals surface area (Å²) in [7, 11) is 0. The first kappa shape index (κ1) is 13.7. The van der Waals surface area contributed by atoms with Crippen LogP contribution in [0.25, 0.3) is 0 Å². The highest BCUT2D eigenvalue weighted by molar-refractivity contribution is 5.92. The lowest BCUT2D eigenvalue weighted by Crippen LogP contribution is -2.30. The Balaban J connectivity index is 2.20. The molecule has 1 aromatic carbocycles. The van der Waals surface area contributed by atoms with Gasteiger partial charge in [0, 0.05) is 5.69 Å². The molecule has 4 nitrogen and oxygen atoms in total. The minimum absolute atomic E-state index is 0.125. The number of rotatable bonds is 4. The lowest BCUT2D eigenvalue weighted by atomic mass is 9.84. The van der Waals surface area contributed by atoms with E-state index in [2.05, 4.69) is 6.92 Å². The van der Waals surface area contributed by atoms with Gasteiger partial charge in [0.25, 0.3) is 0 Å². The lowest BCUT2D eigenvalue weighted by molar-refractivity contribution is 0.0664. The number of carboxylic acids is 1. The summed E-state index contributed by atoms with van der Waals surface area (Å²) in [5.41, 5.74) is 6.23. The molecule has 19 heavy (non-hydrogen) atoms. The largest absolute Gasteiger partial charge is 0.489 e. The Labute approximate surface area is 113 Å². The van der Waals surface area contributed by atoms with E-state index in [0.29, 0.717) is 17.4 Å². The standard InChI is InChI=1S/C15H21NO3/c1-2-10-5-3-4-6-13(10)19-14-8-7-11(16)9-12(14)15(17)18/h7-10,13H,2-6,16H2,1H3,(H,17,18). The fourth-order valence-corrected chi connectivity index (χ4v) is 2.78. The van der Waals surface area contributed by atoms with E-state index >= 15 is 0 Å². The van der Waals surface area contributed by atoms with Gasteiger partial charge in [0.2, 0.25) is 0 Å². The molecule has 0 bridgehead atoms. The van der Waals surface area contributed by atoms with E-state index in [1.54, 1.807) is 12.1 Å². The van der Waals surface area contributed by atoms with Gasteiger partial charge in [0.1, 0.15) is 17.4 Å². The summed E-state index contributed by atoms with van der Waals surface area (Å²) < 4.78 is 5.97. The van der Waals surface area contributed by atoms with Crippen LogP contribution in [0.5, 0.6) is 5.75 Å². The molecule has 0 spiro atoms. The summed E-state index contributed by atoms with van der Waals surface area (Å²) in [4.78, 5) is 11.2. The molecule has 1 fully saturated rings. The number of hydrogen-bond donors (Lipinski definition) is 2. The molecule has 2 unspecified atom stereocenters. The molecular weight excluding hydrogens is 242 g/mol. The van der Waals surface area contributed by atoms with Gasteiger partial charge in [-0.2, -0.15) is 0 Å². The summed E-state index contributed by atoms with van der Waals surface area (Å²) in [6, 6.07) is 4.81. The van der Waals surface area contributed by atoms with Crippen LogP contribution in [-0.2, 0) is 0 Å². The number of nitrogens with two attached hydrogens (primary N) is 1. The van der Waals surface area contributed by atoms with Crippen LogP contribution in [0.2, 0.25) is 0 Å². The van der Waals surface area contributed by atoms with Crippen molar-refractivity contribution in [1.29, 1.82) is 0 Å². The quantitative estimate of drug-likeness (QED) is 0.817. The monoisotopic (exact) mass is 263 g/mol. The molecule has 0 saturated heterocycles. The fourth-order valence-electron chi connectivity index (χ4n) is 2.78. The van der Waals surface area contributed by atoms with Crippen molar-refractivity contribution in [3.63, 3.8) is 0 Å². The van der Waals surface area contributed by atoms with Crippen LogP contribution in [0.3, 0.4) is 0 Å². The molecule has 3 N–H and O–H groups in total. The third-order valence-corrected chi connectivity index (χ3v) is 3.88. The molecule has 2 atom stereocenters. The van der Waals surface area contributed by atoms with Gasteiger partial charge >= 0.3 is 5.97 Å². The molecule has 1 aliphatic rings. The number of hydrogen-bond acceptors (Lipinski definition) is 3. The molecule has 0 heterocycles. The highest BCUT2D eigenvalue weighted by atomic mass is 16.5. The van der Waals surface area contributed by atoms with E-state index in [1.165, 1.54) is 18.9 Å². The number of ether oxygens (including phenoxy) is 1. The number of benzene rings is 1. The Morgan fingerprint density at radius 2 is 2.16 bits per heavy atom. The van der Waals surface area contributed by atoms with E-state index < -0.39 is 5.97 Å². The predicted molar refractivity (Wildman–Crippen MR) is 74.5 cm³/mol. The van der Waals surface area contributed by atoms with Gasteiger partial charge in [-0.15, -0.1) is 0 Å². The minimum atomic E-state index is -0.994. The first-order chi connectivity index (χ1) is 9.11. The maximum absolute atomic E-state index is 11.2. The smallest absolute Gasteiger partial charge is 0.339 e. The van der Waals surface area contributed by atoms with Crippen molar-refractivity contribution in [1.82, 2.24) is 0 Å². The van der Waals surface area contributed by atoms with Crippen molar-refractivity contribution in [2.45, 2.75) is 45.1 Å². The average molecular weight is 263 g/mol. The molecule has 0 amide bonds. The Morgan fingerprint density at radius 3 is 2.84 bits per heavy atom. The number of aromatic carboxylic acids is 1. The molecular formula is C15H21NO3. The van der Waals surface area contributed by atoms with Gasteiger partial charge in [-0.1, -0.05) is 13.3 Å². The molecule has 0 aromatic heterocycles. The maximum Gasteiger partial charge on any atom is 0.339 e. The van der Waals surface area contributed by atoms with Gasteiger partial charge in [0.15, 0.2) is 0 Å². The zero-order chi connectivity index (χ0) is 13.8. The van der Waals surface area contributed by atoms with Crippen LogP contribution in [0.1, 0.15) is 49.4 Å². The summed E-state index contributed by atoms with van der Waals surface area (Å²) in [6.45, 7) is 2.16.